The summed E-state index contributed by atoms with van der Waals surface area (Å²) in [5.41, 5.74) is 0.183. The number of rotatable bonds is 0. The Bertz CT molecular complexity index is 452. The first kappa shape index (κ1) is 9.78. The topological polar surface area (TPSA) is 38.3 Å². The van der Waals surface area contributed by atoms with E-state index in [1.54, 1.807) is 12.1 Å². The highest BCUT2D eigenvalue weighted by Crippen LogP contribution is 2.41. The molecule has 0 amide bonds. The monoisotopic (exact) mass is 221 g/mol. The largest absolute Gasteiger partial charge is 0.449 e. The molecule has 0 bridgehead atoms. The van der Waals surface area contributed by atoms with E-state index in [2.05, 4.69) is 5.32 Å². The average molecular weight is 221 g/mol. The minimum atomic E-state index is -0.632. The molecule has 16 heavy (non-hydrogen) atoms. The summed E-state index contributed by atoms with van der Waals surface area (Å²) in [4.78, 5) is 11.7. The van der Waals surface area contributed by atoms with Gasteiger partial charge in [-0.1, -0.05) is 12.1 Å². The molecule has 1 unspecified atom stereocenters. The molecule has 3 rings (SSSR count). The van der Waals surface area contributed by atoms with Crippen LogP contribution in [0.5, 0.6) is 0 Å². The number of benzene rings is 1. The van der Waals surface area contributed by atoms with Crippen LogP contribution in [-0.4, -0.2) is 19.1 Å². The standard InChI is InChI=1S/C12H12FNO2/c13-9-4-1-3-8-10(9)11(15)16-12(8)5-2-6-14-7-12/h1,3-4,14H,2,5-7H2. The Morgan fingerprint density at radius 3 is 3.06 bits per heavy atom. The molecule has 0 saturated carbocycles. The maximum atomic E-state index is 13.6. The van der Waals surface area contributed by atoms with Crippen LogP contribution in [0.1, 0.15) is 28.8 Å². The predicted molar refractivity (Wildman–Crippen MR) is 55.6 cm³/mol. The number of halogens is 1. The summed E-state index contributed by atoms with van der Waals surface area (Å²) in [6.07, 6.45) is 1.70. The lowest BCUT2D eigenvalue weighted by atomic mass is 9.86. The van der Waals surface area contributed by atoms with Crippen molar-refractivity contribution in [3.05, 3.63) is 35.1 Å². The number of carbonyl (C=O) groups excluding carboxylic acids is 1. The molecule has 1 fully saturated rings. The SMILES string of the molecule is O=C1OC2(CCCNC2)c2cccc(F)c21. The molecule has 2 aliphatic heterocycles. The smallest absolute Gasteiger partial charge is 0.342 e. The first-order valence-corrected chi connectivity index (χ1v) is 5.46. The fraction of sp³-hybridized carbons (Fsp3) is 0.417. The average Bonchev–Trinajstić information content (AvgIpc) is 2.55. The molecular weight excluding hydrogens is 209 g/mol. The van der Waals surface area contributed by atoms with Gasteiger partial charge in [-0.3, -0.25) is 0 Å². The second-order valence-electron chi connectivity index (χ2n) is 4.33. The van der Waals surface area contributed by atoms with E-state index in [0.717, 1.165) is 19.4 Å². The number of fused-ring (bicyclic) bond motifs is 2. The number of carbonyl (C=O) groups is 1. The van der Waals surface area contributed by atoms with Crippen LogP contribution in [-0.2, 0) is 10.3 Å². The number of esters is 1. The lowest BCUT2D eigenvalue weighted by molar-refractivity contribution is -0.0204. The summed E-state index contributed by atoms with van der Waals surface area (Å²) in [6.45, 7) is 1.50. The van der Waals surface area contributed by atoms with Gasteiger partial charge in [-0.15, -0.1) is 0 Å². The molecule has 2 aliphatic rings. The fourth-order valence-electron chi connectivity index (χ4n) is 2.59. The molecular formula is C12H12FNO2. The van der Waals surface area contributed by atoms with Crippen molar-refractivity contribution in [2.24, 2.45) is 0 Å². The summed E-state index contributed by atoms with van der Waals surface area (Å²) >= 11 is 0. The van der Waals surface area contributed by atoms with Gasteiger partial charge in [0.25, 0.3) is 0 Å². The first-order chi connectivity index (χ1) is 7.73. The summed E-state index contributed by atoms with van der Waals surface area (Å²) in [5, 5.41) is 3.20. The highest BCUT2D eigenvalue weighted by Gasteiger charge is 2.47. The van der Waals surface area contributed by atoms with Gasteiger partial charge < -0.3 is 10.1 Å². The third-order valence-corrected chi connectivity index (χ3v) is 3.34. The van der Waals surface area contributed by atoms with Crippen molar-refractivity contribution in [2.45, 2.75) is 18.4 Å². The lowest BCUT2D eigenvalue weighted by Gasteiger charge is -2.33. The van der Waals surface area contributed by atoms with Gasteiger partial charge in [0.05, 0.1) is 0 Å². The van der Waals surface area contributed by atoms with Crippen LogP contribution in [0.2, 0.25) is 0 Å². The molecule has 1 atom stereocenters. The van der Waals surface area contributed by atoms with Gasteiger partial charge >= 0.3 is 5.97 Å². The van der Waals surface area contributed by atoms with Crippen LogP contribution >= 0.6 is 0 Å². The molecule has 1 spiro atoms. The Morgan fingerprint density at radius 1 is 1.44 bits per heavy atom. The minimum Gasteiger partial charge on any atom is -0.449 e. The van der Waals surface area contributed by atoms with E-state index in [-0.39, 0.29) is 5.56 Å². The molecule has 3 nitrogen and oxygen atoms in total. The highest BCUT2D eigenvalue weighted by molar-refractivity contribution is 5.95. The number of hydrogen-bond acceptors (Lipinski definition) is 3. The van der Waals surface area contributed by atoms with Crippen molar-refractivity contribution in [3.8, 4) is 0 Å². The molecule has 0 aliphatic carbocycles. The summed E-state index contributed by atoms with van der Waals surface area (Å²) in [6, 6.07) is 4.72. The number of ether oxygens (including phenoxy) is 1. The molecule has 84 valence electrons. The minimum absolute atomic E-state index is 0.117. The molecule has 1 saturated heterocycles. The van der Waals surface area contributed by atoms with Gasteiger partial charge in [-0.25, -0.2) is 9.18 Å². The van der Waals surface area contributed by atoms with Crippen molar-refractivity contribution in [1.29, 1.82) is 0 Å². The van der Waals surface area contributed by atoms with Gasteiger partial charge in [0, 0.05) is 12.1 Å². The number of hydrogen-bond donors (Lipinski definition) is 1. The normalized spacial score (nSPS) is 27.9. The zero-order chi connectivity index (χ0) is 11.2. The summed E-state index contributed by atoms with van der Waals surface area (Å²) in [7, 11) is 0. The van der Waals surface area contributed by atoms with Crippen LogP contribution < -0.4 is 5.32 Å². The van der Waals surface area contributed by atoms with E-state index in [9.17, 15) is 9.18 Å². The second-order valence-corrected chi connectivity index (χ2v) is 4.33. The Labute approximate surface area is 92.6 Å². The van der Waals surface area contributed by atoms with Crippen molar-refractivity contribution in [3.63, 3.8) is 0 Å². The van der Waals surface area contributed by atoms with E-state index in [4.69, 9.17) is 4.74 Å². The quantitative estimate of drug-likeness (QED) is 0.676. The van der Waals surface area contributed by atoms with Crippen LogP contribution in [0.15, 0.2) is 18.2 Å². The summed E-state index contributed by atoms with van der Waals surface area (Å²) < 4.78 is 19.0. The second kappa shape index (κ2) is 3.28. The van der Waals surface area contributed by atoms with E-state index in [1.807, 2.05) is 0 Å². The van der Waals surface area contributed by atoms with E-state index >= 15 is 0 Å². The molecule has 0 aromatic heterocycles. The van der Waals surface area contributed by atoms with E-state index < -0.39 is 17.4 Å². The van der Waals surface area contributed by atoms with E-state index in [0.29, 0.717) is 12.1 Å². The van der Waals surface area contributed by atoms with Gasteiger partial charge in [-0.2, -0.15) is 0 Å². The summed E-state index contributed by atoms with van der Waals surface area (Å²) in [5.74, 6) is -1.01. The Balaban J connectivity index is 2.14. The number of nitrogens with one attached hydrogen (secondary N) is 1. The maximum Gasteiger partial charge on any atom is 0.342 e. The van der Waals surface area contributed by atoms with Crippen LogP contribution in [0, 0.1) is 5.82 Å². The first-order valence-electron chi connectivity index (χ1n) is 5.46. The van der Waals surface area contributed by atoms with Gasteiger partial charge in [0.1, 0.15) is 11.4 Å². The lowest BCUT2D eigenvalue weighted by Crippen LogP contribution is -2.43. The van der Waals surface area contributed by atoms with Gasteiger partial charge in [0.15, 0.2) is 5.60 Å². The van der Waals surface area contributed by atoms with Crippen LogP contribution in [0.25, 0.3) is 0 Å². The molecule has 1 aromatic carbocycles. The van der Waals surface area contributed by atoms with Crippen molar-refractivity contribution < 1.29 is 13.9 Å². The fourth-order valence-corrected chi connectivity index (χ4v) is 2.59. The molecule has 0 radical (unpaired) electrons. The van der Waals surface area contributed by atoms with Crippen molar-refractivity contribution in [1.82, 2.24) is 5.32 Å². The molecule has 1 N–H and O–H groups in total. The van der Waals surface area contributed by atoms with Crippen molar-refractivity contribution in [2.75, 3.05) is 13.1 Å². The zero-order valence-corrected chi connectivity index (χ0v) is 8.75. The Hall–Kier alpha value is -1.42. The van der Waals surface area contributed by atoms with Gasteiger partial charge in [-0.05, 0) is 25.5 Å². The third kappa shape index (κ3) is 1.19. The zero-order valence-electron chi connectivity index (χ0n) is 8.75. The van der Waals surface area contributed by atoms with Gasteiger partial charge in [0.2, 0.25) is 0 Å². The Kier molecular flexibility index (Phi) is 2.01. The molecule has 4 heteroatoms. The van der Waals surface area contributed by atoms with Crippen molar-refractivity contribution >= 4 is 5.97 Å². The maximum absolute atomic E-state index is 13.6. The molecule has 1 aromatic rings. The van der Waals surface area contributed by atoms with Crippen LogP contribution in [0.4, 0.5) is 4.39 Å². The Morgan fingerprint density at radius 2 is 2.31 bits per heavy atom. The number of piperidine rings is 1. The molecule has 2 heterocycles. The highest BCUT2D eigenvalue weighted by atomic mass is 19.1. The van der Waals surface area contributed by atoms with E-state index in [1.165, 1.54) is 6.07 Å². The predicted octanol–water partition coefficient (Wildman–Crippen LogP) is 1.57. The third-order valence-electron chi connectivity index (χ3n) is 3.34. The van der Waals surface area contributed by atoms with Crippen LogP contribution in [0.3, 0.4) is 0 Å².